The second-order valence-electron chi connectivity index (χ2n) is 4.25. The molecule has 0 fully saturated rings. The third-order valence-electron chi connectivity index (χ3n) is 3.22. The number of benzene rings is 1. The molecule has 2 atom stereocenters. The van der Waals surface area contributed by atoms with Crippen LogP contribution in [-0.4, -0.2) is 39.9 Å². The molecule has 17 heavy (non-hydrogen) atoms. The van der Waals surface area contributed by atoms with Gasteiger partial charge in [0, 0.05) is 13.1 Å². The first-order valence-electron chi connectivity index (χ1n) is 5.58. The molecule has 1 aromatic rings. The molecule has 0 saturated heterocycles. The molecule has 1 aliphatic rings. The third kappa shape index (κ3) is 2.25. The monoisotopic (exact) mass is 236 g/mol. The predicted molar refractivity (Wildman–Crippen MR) is 62.6 cm³/mol. The van der Waals surface area contributed by atoms with Gasteiger partial charge in [-0.15, -0.1) is 0 Å². The summed E-state index contributed by atoms with van der Waals surface area (Å²) >= 11 is 0. The van der Waals surface area contributed by atoms with Crippen molar-refractivity contribution in [2.24, 2.45) is 5.73 Å². The fourth-order valence-electron chi connectivity index (χ4n) is 2.26. The average Bonchev–Trinajstić information content (AvgIpc) is 2.36. The lowest BCUT2D eigenvalue weighted by Crippen LogP contribution is -2.52. The maximum absolute atomic E-state index is 11.2. The minimum Gasteiger partial charge on any atom is -0.465 e. The van der Waals surface area contributed by atoms with Crippen LogP contribution in [0.1, 0.15) is 11.1 Å². The normalized spacial score (nSPS) is 20.8. The molecule has 0 bridgehead atoms. The lowest BCUT2D eigenvalue weighted by atomic mass is 9.91. The zero-order chi connectivity index (χ0) is 12.4. The lowest BCUT2D eigenvalue weighted by molar-refractivity contribution is 0.0431. The summed E-state index contributed by atoms with van der Waals surface area (Å²) in [5, 5.41) is 19.0. The van der Waals surface area contributed by atoms with Crippen LogP contribution in [0.5, 0.6) is 0 Å². The molecule has 92 valence electrons. The van der Waals surface area contributed by atoms with Gasteiger partial charge in [-0.25, -0.2) is 4.79 Å². The number of aliphatic hydroxyl groups is 1. The van der Waals surface area contributed by atoms with Crippen molar-refractivity contribution in [3.8, 4) is 0 Å². The number of hydrogen-bond donors (Lipinski definition) is 3. The van der Waals surface area contributed by atoms with Crippen molar-refractivity contribution in [1.82, 2.24) is 4.90 Å². The summed E-state index contributed by atoms with van der Waals surface area (Å²) in [6.07, 6.45) is -1.32. The molecule has 1 heterocycles. The summed E-state index contributed by atoms with van der Waals surface area (Å²) in [7, 11) is 0. The highest BCUT2D eigenvalue weighted by Crippen LogP contribution is 2.24. The Labute approximate surface area is 99.5 Å². The molecule has 5 heteroatoms. The second kappa shape index (κ2) is 4.73. The van der Waals surface area contributed by atoms with Crippen molar-refractivity contribution < 1.29 is 15.0 Å². The number of carbonyl (C=O) groups is 1. The van der Waals surface area contributed by atoms with Crippen molar-refractivity contribution in [2.75, 3.05) is 6.54 Å². The second-order valence-corrected chi connectivity index (χ2v) is 4.25. The highest BCUT2D eigenvalue weighted by molar-refractivity contribution is 5.66. The molecule has 0 aliphatic carbocycles. The largest absolute Gasteiger partial charge is 0.465 e. The first-order valence-corrected chi connectivity index (χ1v) is 5.58. The molecular formula is C12H16N2O3. The Morgan fingerprint density at radius 3 is 2.71 bits per heavy atom. The van der Waals surface area contributed by atoms with Gasteiger partial charge in [0.25, 0.3) is 0 Å². The van der Waals surface area contributed by atoms with Gasteiger partial charge >= 0.3 is 6.09 Å². The first-order chi connectivity index (χ1) is 8.13. The summed E-state index contributed by atoms with van der Waals surface area (Å²) in [5.41, 5.74) is 7.50. The molecule has 1 aromatic carbocycles. The van der Waals surface area contributed by atoms with E-state index in [0.29, 0.717) is 13.0 Å². The van der Waals surface area contributed by atoms with Crippen molar-refractivity contribution in [3.05, 3.63) is 35.4 Å². The summed E-state index contributed by atoms with van der Waals surface area (Å²) < 4.78 is 0. The van der Waals surface area contributed by atoms with E-state index in [1.54, 1.807) is 0 Å². The van der Waals surface area contributed by atoms with Gasteiger partial charge in [-0.3, -0.25) is 4.90 Å². The van der Waals surface area contributed by atoms with Crippen LogP contribution < -0.4 is 5.73 Å². The lowest BCUT2D eigenvalue weighted by Gasteiger charge is -2.37. The molecule has 0 radical (unpaired) electrons. The highest BCUT2D eigenvalue weighted by Gasteiger charge is 2.33. The van der Waals surface area contributed by atoms with Gasteiger partial charge < -0.3 is 15.9 Å². The van der Waals surface area contributed by atoms with E-state index in [0.717, 1.165) is 11.1 Å². The van der Waals surface area contributed by atoms with E-state index in [-0.39, 0.29) is 6.54 Å². The Kier molecular flexibility index (Phi) is 3.31. The molecule has 0 unspecified atom stereocenters. The number of fused-ring (bicyclic) bond motifs is 1. The Balaban J connectivity index is 2.31. The van der Waals surface area contributed by atoms with E-state index in [1.807, 2.05) is 24.3 Å². The van der Waals surface area contributed by atoms with E-state index in [1.165, 1.54) is 4.90 Å². The van der Waals surface area contributed by atoms with Crippen LogP contribution in [0.3, 0.4) is 0 Å². The Morgan fingerprint density at radius 1 is 1.47 bits per heavy atom. The molecular weight excluding hydrogens is 220 g/mol. The van der Waals surface area contributed by atoms with Gasteiger partial charge in [0.1, 0.15) is 0 Å². The van der Waals surface area contributed by atoms with Crippen molar-refractivity contribution >= 4 is 6.09 Å². The number of aliphatic hydroxyl groups excluding tert-OH is 1. The maximum atomic E-state index is 11.2. The standard InChI is InChI=1S/C12H16N2O3/c13-6-11(15)10-5-8-3-1-2-4-9(8)7-14(10)12(16)17/h1-4,10-11,15H,5-7,13H2,(H,16,17)/t10-,11+/m0/s1. The van der Waals surface area contributed by atoms with Crippen LogP contribution in [-0.2, 0) is 13.0 Å². The van der Waals surface area contributed by atoms with Crippen LogP contribution in [0.15, 0.2) is 24.3 Å². The molecule has 1 aliphatic heterocycles. The van der Waals surface area contributed by atoms with Crippen molar-refractivity contribution in [1.29, 1.82) is 0 Å². The number of amides is 1. The maximum Gasteiger partial charge on any atom is 0.407 e. The minimum absolute atomic E-state index is 0.0661. The summed E-state index contributed by atoms with van der Waals surface area (Å²) in [5.74, 6) is 0. The predicted octanol–water partition coefficient (Wildman–Crippen LogP) is 0.411. The quantitative estimate of drug-likeness (QED) is 0.694. The molecule has 0 aromatic heterocycles. The molecule has 1 amide bonds. The number of carboxylic acid groups (broad SMARTS) is 1. The van der Waals surface area contributed by atoms with Crippen LogP contribution in [0, 0.1) is 0 Å². The Morgan fingerprint density at radius 2 is 2.12 bits per heavy atom. The summed E-state index contributed by atoms with van der Waals surface area (Å²) in [6, 6.07) is 7.23. The zero-order valence-electron chi connectivity index (χ0n) is 9.41. The van der Waals surface area contributed by atoms with E-state index >= 15 is 0 Å². The number of rotatable bonds is 2. The fraction of sp³-hybridized carbons (Fsp3) is 0.417. The van der Waals surface area contributed by atoms with Gasteiger partial charge in [0.2, 0.25) is 0 Å². The Hall–Kier alpha value is -1.59. The van der Waals surface area contributed by atoms with Gasteiger partial charge in [0.05, 0.1) is 12.1 Å². The third-order valence-corrected chi connectivity index (χ3v) is 3.22. The van der Waals surface area contributed by atoms with Gasteiger partial charge in [-0.1, -0.05) is 24.3 Å². The van der Waals surface area contributed by atoms with E-state index < -0.39 is 18.2 Å². The summed E-state index contributed by atoms with van der Waals surface area (Å²) in [4.78, 5) is 12.4. The summed E-state index contributed by atoms with van der Waals surface area (Å²) in [6.45, 7) is 0.379. The van der Waals surface area contributed by atoms with Gasteiger partial charge in [0.15, 0.2) is 0 Å². The number of nitrogens with zero attached hydrogens (tertiary/aromatic N) is 1. The van der Waals surface area contributed by atoms with Gasteiger partial charge in [-0.2, -0.15) is 0 Å². The molecule has 2 rings (SSSR count). The van der Waals surface area contributed by atoms with Crippen LogP contribution in [0.25, 0.3) is 0 Å². The molecule has 4 N–H and O–H groups in total. The highest BCUT2D eigenvalue weighted by atomic mass is 16.4. The molecule has 0 saturated carbocycles. The van der Waals surface area contributed by atoms with Crippen LogP contribution >= 0.6 is 0 Å². The number of hydrogen-bond acceptors (Lipinski definition) is 3. The van der Waals surface area contributed by atoms with E-state index in [4.69, 9.17) is 10.8 Å². The first kappa shape index (κ1) is 11.9. The van der Waals surface area contributed by atoms with E-state index in [2.05, 4.69) is 0 Å². The molecule has 0 spiro atoms. The smallest absolute Gasteiger partial charge is 0.407 e. The fourth-order valence-corrected chi connectivity index (χ4v) is 2.26. The Bertz CT molecular complexity index is 422. The van der Waals surface area contributed by atoms with Crippen LogP contribution in [0.2, 0.25) is 0 Å². The van der Waals surface area contributed by atoms with Crippen molar-refractivity contribution in [3.63, 3.8) is 0 Å². The minimum atomic E-state index is -1.02. The topological polar surface area (TPSA) is 86.8 Å². The number of nitrogens with two attached hydrogens (primary N) is 1. The van der Waals surface area contributed by atoms with E-state index in [9.17, 15) is 9.90 Å². The average molecular weight is 236 g/mol. The zero-order valence-corrected chi connectivity index (χ0v) is 9.41. The van der Waals surface area contributed by atoms with Crippen molar-refractivity contribution in [2.45, 2.75) is 25.1 Å². The van der Waals surface area contributed by atoms with Crippen LogP contribution in [0.4, 0.5) is 4.79 Å². The molecule has 5 nitrogen and oxygen atoms in total. The SMILES string of the molecule is NC[C@@H](O)[C@@H]1Cc2ccccc2CN1C(=O)O. The van der Waals surface area contributed by atoms with Gasteiger partial charge in [-0.05, 0) is 17.5 Å².